The Morgan fingerprint density at radius 1 is 1.46 bits per heavy atom. The standard InChI is InChI=1S/C17H15N5O3S/c1-10-15(21-5-6-26-17(21)19-10)9-20(2)16(23)13-8-18-14-7-11(22(24)25)3-4-12(13)14/h3-8,18H,9H2,1-2H3. The molecule has 0 saturated carbocycles. The Hall–Kier alpha value is -3.20. The molecule has 0 aliphatic carbocycles. The molecule has 3 heterocycles. The Morgan fingerprint density at radius 2 is 2.27 bits per heavy atom. The predicted octanol–water partition coefficient (Wildman–Crippen LogP) is 3.37. The Bertz CT molecular complexity index is 1160. The normalized spacial score (nSPS) is 11.3. The van der Waals surface area contributed by atoms with E-state index in [9.17, 15) is 14.9 Å². The fourth-order valence-electron chi connectivity index (χ4n) is 3.04. The van der Waals surface area contributed by atoms with E-state index in [2.05, 4.69) is 9.97 Å². The van der Waals surface area contributed by atoms with Gasteiger partial charge in [0.05, 0.1) is 33.9 Å². The number of nitro benzene ring substituents is 1. The Balaban J connectivity index is 1.64. The van der Waals surface area contributed by atoms with E-state index in [0.717, 1.165) is 16.3 Å². The third kappa shape index (κ3) is 2.53. The SMILES string of the molecule is Cc1nc2sccn2c1CN(C)C(=O)c1c[nH]c2cc([N+](=O)[O-])ccc12. The van der Waals surface area contributed by atoms with E-state index in [0.29, 0.717) is 23.0 Å². The number of nitrogens with zero attached hydrogens (tertiary/aromatic N) is 4. The molecule has 0 atom stereocenters. The summed E-state index contributed by atoms with van der Waals surface area (Å²) in [6.07, 6.45) is 3.54. The number of nitrogens with one attached hydrogen (secondary N) is 1. The highest BCUT2D eigenvalue weighted by molar-refractivity contribution is 7.15. The van der Waals surface area contributed by atoms with E-state index < -0.39 is 4.92 Å². The molecule has 0 saturated heterocycles. The summed E-state index contributed by atoms with van der Waals surface area (Å²) in [5.41, 5.74) is 2.90. The van der Waals surface area contributed by atoms with Gasteiger partial charge >= 0.3 is 0 Å². The average Bonchev–Trinajstić information content (AvgIpc) is 3.30. The van der Waals surface area contributed by atoms with Gasteiger partial charge in [0, 0.05) is 42.3 Å². The molecule has 0 bridgehead atoms. The van der Waals surface area contributed by atoms with Crippen molar-refractivity contribution in [2.45, 2.75) is 13.5 Å². The molecule has 1 N–H and O–H groups in total. The number of imidazole rings is 1. The minimum Gasteiger partial charge on any atom is -0.360 e. The smallest absolute Gasteiger partial charge is 0.271 e. The molecule has 3 aromatic heterocycles. The number of fused-ring (bicyclic) bond motifs is 2. The van der Waals surface area contributed by atoms with Crippen molar-refractivity contribution in [1.29, 1.82) is 0 Å². The quantitative estimate of drug-likeness (QED) is 0.440. The van der Waals surface area contributed by atoms with Crippen molar-refractivity contribution in [3.05, 3.63) is 63.0 Å². The fourth-order valence-corrected chi connectivity index (χ4v) is 3.82. The molecule has 4 aromatic rings. The topological polar surface area (TPSA) is 96.5 Å². The van der Waals surface area contributed by atoms with Crippen LogP contribution in [0.2, 0.25) is 0 Å². The van der Waals surface area contributed by atoms with Crippen LogP contribution in [0.1, 0.15) is 21.7 Å². The van der Waals surface area contributed by atoms with Gasteiger partial charge in [0.1, 0.15) is 0 Å². The summed E-state index contributed by atoms with van der Waals surface area (Å²) in [5.74, 6) is -0.158. The van der Waals surface area contributed by atoms with Crippen LogP contribution in [0.25, 0.3) is 15.9 Å². The van der Waals surface area contributed by atoms with Crippen LogP contribution < -0.4 is 0 Å². The zero-order valence-corrected chi connectivity index (χ0v) is 14.9. The van der Waals surface area contributed by atoms with E-state index in [-0.39, 0.29) is 11.6 Å². The number of amides is 1. The monoisotopic (exact) mass is 369 g/mol. The second kappa shape index (κ2) is 5.95. The molecule has 0 aliphatic rings. The van der Waals surface area contributed by atoms with E-state index in [1.165, 1.54) is 12.1 Å². The van der Waals surface area contributed by atoms with E-state index in [4.69, 9.17) is 0 Å². The number of nitro groups is 1. The Labute approximate surface area is 151 Å². The van der Waals surface area contributed by atoms with Gasteiger partial charge in [-0.25, -0.2) is 4.98 Å². The van der Waals surface area contributed by atoms with Gasteiger partial charge in [-0.05, 0) is 13.0 Å². The fraction of sp³-hybridized carbons (Fsp3) is 0.176. The third-order valence-corrected chi connectivity index (χ3v) is 5.16. The number of aromatic nitrogens is 3. The van der Waals surface area contributed by atoms with Crippen LogP contribution in [0.4, 0.5) is 5.69 Å². The van der Waals surface area contributed by atoms with Gasteiger partial charge in [-0.15, -0.1) is 11.3 Å². The number of aryl methyl sites for hydroxylation is 1. The highest BCUT2D eigenvalue weighted by atomic mass is 32.1. The third-order valence-electron chi connectivity index (χ3n) is 4.40. The van der Waals surface area contributed by atoms with Gasteiger partial charge in [-0.3, -0.25) is 19.3 Å². The summed E-state index contributed by atoms with van der Waals surface area (Å²) in [6.45, 7) is 2.35. The van der Waals surface area contributed by atoms with Crippen molar-refractivity contribution >= 4 is 38.8 Å². The van der Waals surface area contributed by atoms with Gasteiger partial charge in [0.2, 0.25) is 0 Å². The van der Waals surface area contributed by atoms with E-state index >= 15 is 0 Å². The van der Waals surface area contributed by atoms with Crippen molar-refractivity contribution in [2.75, 3.05) is 7.05 Å². The molecule has 132 valence electrons. The molecule has 9 heteroatoms. The zero-order chi connectivity index (χ0) is 18.4. The summed E-state index contributed by atoms with van der Waals surface area (Å²) in [6, 6.07) is 4.44. The van der Waals surface area contributed by atoms with Crippen LogP contribution in [0.5, 0.6) is 0 Å². The highest BCUT2D eigenvalue weighted by Crippen LogP contribution is 2.25. The molecule has 26 heavy (non-hydrogen) atoms. The minimum atomic E-state index is -0.456. The van der Waals surface area contributed by atoms with Crippen molar-refractivity contribution in [3.8, 4) is 0 Å². The average molecular weight is 369 g/mol. The summed E-state index contributed by atoms with van der Waals surface area (Å²) >= 11 is 1.55. The van der Waals surface area contributed by atoms with Crippen molar-refractivity contribution in [3.63, 3.8) is 0 Å². The maximum absolute atomic E-state index is 12.9. The van der Waals surface area contributed by atoms with Gasteiger partial charge in [-0.2, -0.15) is 0 Å². The number of rotatable bonds is 4. The van der Waals surface area contributed by atoms with Gasteiger partial charge < -0.3 is 9.88 Å². The number of hydrogen-bond acceptors (Lipinski definition) is 5. The molecular weight excluding hydrogens is 354 g/mol. The summed E-state index contributed by atoms with van der Waals surface area (Å²) in [7, 11) is 1.73. The number of benzene rings is 1. The number of thiazole rings is 1. The molecule has 1 amide bonds. The molecule has 0 aliphatic heterocycles. The van der Waals surface area contributed by atoms with Gasteiger partial charge in [0.25, 0.3) is 11.6 Å². The van der Waals surface area contributed by atoms with Crippen molar-refractivity contribution < 1.29 is 9.72 Å². The summed E-state index contributed by atoms with van der Waals surface area (Å²) in [4.78, 5) is 33.3. The van der Waals surface area contributed by atoms with Crippen LogP contribution >= 0.6 is 11.3 Å². The van der Waals surface area contributed by atoms with Crippen LogP contribution in [-0.4, -0.2) is 37.1 Å². The molecule has 0 spiro atoms. The first-order chi connectivity index (χ1) is 12.5. The number of hydrogen-bond donors (Lipinski definition) is 1. The lowest BCUT2D eigenvalue weighted by molar-refractivity contribution is -0.384. The maximum atomic E-state index is 12.9. The largest absolute Gasteiger partial charge is 0.360 e. The molecule has 0 unspecified atom stereocenters. The lowest BCUT2D eigenvalue weighted by Gasteiger charge is -2.17. The summed E-state index contributed by atoms with van der Waals surface area (Å²) in [5, 5.41) is 13.5. The Morgan fingerprint density at radius 3 is 3.04 bits per heavy atom. The zero-order valence-electron chi connectivity index (χ0n) is 14.1. The molecule has 1 aromatic carbocycles. The molecular formula is C17H15N5O3S. The van der Waals surface area contributed by atoms with Crippen LogP contribution in [0.3, 0.4) is 0 Å². The lowest BCUT2D eigenvalue weighted by Crippen LogP contribution is -2.26. The highest BCUT2D eigenvalue weighted by Gasteiger charge is 2.20. The van der Waals surface area contributed by atoms with Crippen molar-refractivity contribution in [2.24, 2.45) is 0 Å². The lowest BCUT2D eigenvalue weighted by atomic mass is 10.1. The van der Waals surface area contributed by atoms with Gasteiger partial charge in [-0.1, -0.05) is 0 Å². The van der Waals surface area contributed by atoms with Gasteiger partial charge in [0.15, 0.2) is 4.96 Å². The van der Waals surface area contributed by atoms with E-state index in [1.54, 1.807) is 35.5 Å². The van der Waals surface area contributed by atoms with Crippen molar-refractivity contribution in [1.82, 2.24) is 19.3 Å². The molecule has 8 nitrogen and oxygen atoms in total. The van der Waals surface area contributed by atoms with Crippen LogP contribution in [0.15, 0.2) is 36.0 Å². The van der Waals surface area contributed by atoms with Crippen LogP contribution in [0, 0.1) is 17.0 Å². The number of carbonyl (C=O) groups is 1. The Kier molecular flexibility index (Phi) is 3.73. The van der Waals surface area contributed by atoms with Crippen LogP contribution in [-0.2, 0) is 6.54 Å². The molecule has 0 radical (unpaired) electrons. The first-order valence-corrected chi connectivity index (χ1v) is 8.75. The number of H-pyrrole nitrogens is 1. The number of carbonyl (C=O) groups excluding carboxylic acids is 1. The molecule has 0 fully saturated rings. The molecule has 4 rings (SSSR count). The second-order valence-electron chi connectivity index (χ2n) is 6.05. The van der Waals surface area contributed by atoms with E-state index in [1.807, 2.05) is 22.9 Å². The first kappa shape index (κ1) is 16.3. The first-order valence-electron chi connectivity index (χ1n) is 7.87. The second-order valence-corrected chi connectivity index (χ2v) is 6.92. The predicted molar refractivity (Wildman–Crippen MR) is 98.6 cm³/mol. The number of aromatic amines is 1. The summed E-state index contributed by atoms with van der Waals surface area (Å²) < 4.78 is 1.99. The minimum absolute atomic E-state index is 0.0126. The maximum Gasteiger partial charge on any atom is 0.271 e. The number of non-ortho nitro benzene ring substituents is 1.